The van der Waals surface area contributed by atoms with Crippen LogP contribution in [0.5, 0.6) is 0 Å². The van der Waals surface area contributed by atoms with Crippen LogP contribution in [0.25, 0.3) is 0 Å². The lowest BCUT2D eigenvalue weighted by molar-refractivity contribution is 0.538. The largest absolute Gasteiger partial charge is 0.385 e. The Morgan fingerprint density at radius 2 is 1.90 bits per heavy atom. The molecule has 0 saturated heterocycles. The first-order valence-electron chi connectivity index (χ1n) is 7.37. The molecule has 0 spiro atoms. The number of rotatable bonds is 6. The average Bonchev–Trinajstić information content (AvgIpc) is 2.81. The summed E-state index contributed by atoms with van der Waals surface area (Å²) in [6.45, 7) is 5.16. The maximum atomic E-state index is 12.3. The molecule has 0 radical (unpaired) electrons. The molecule has 1 aliphatic rings. The third-order valence-electron chi connectivity index (χ3n) is 3.76. The lowest BCUT2D eigenvalue weighted by Crippen LogP contribution is -2.32. The Bertz CT molecular complexity index is 525. The predicted molar refractivity (Wildman–Crippen MR) is 82.3 cm³/mol. The Labute approximate surface area is 122 Å². The molecule has 1 aromatic rings. The molecule has 2 unspecified atom stereocenters. The highest BCUT2D eigenvalue weighted by Gasteiger charge is 2.26. The topological polar surface area (TPSA) is 58.2 Å². The van der Waals surface area contributed by atoms with Gasteiger partial charge >= 0.3 is 0 Å². The number of benzene rings is 1. The van der Waals surface area contributed by atoms with Gasteiger partial charge in [0.2, 0.25) is 10.0 Å². The minimum absolute atomic E-state index is 0.0906. The average molecular weight is 296 g/mol. The minimum Gasteiger partial charge on any atom is -0.385 e. The highest BCUT2D eigenvalue weighted by molar-refractivity contribution is 7.89. The van der Waals surface area contributed by atoms with E-state index in [1.165, 1.54) is 0 Å². The van der Waals surface area contributed by atoms with E-state index in [4.69, 9.17) is 0 Å². The van der Waals surface area contributed by atoms with E-state index in [9.17, 15) is 8.42 Å². The summed E-state index contributed by atoms with van der Waals surface area (Å²) in [4.78, 5) is 0.346. The molecule has 1 saturated carbocycles. The summed E-state index contributed by atoms with van der Waals surface area (Å²) in [6.07, 6.45) is 4.03. The van der Waals surface area contributed by atoms with Crippen LogP contribution in [0.1, 0.15) is 39.5 Å². The van der Waals surface area contributed by atoms with E-state index in [-0.39, 0.29) is 6.04 Å². The van der Waals surface area contributed by atoms with Crippen LogP contribution in [0.2, 0.25) is 0 Å². The van der Waals surface area contributed by atoms with Crippen LogP contribution in [0.15, 0.2) is 29.2 Å². The van der Waals surface area contributed by atoms with Crippen molar-refractivity contribution in [1.29, 1.82) is 0 Å². The molecule has 112 valence electrons. The molecule has 0 amide bonds. The van der Waals surface area contributed by atoms with Crippen LogP contribution in [0.4, 0.5) is 5.69 Å². The van der Waals surface area contributed by atoms with Gasteiger partial charge in [0, 0.05) is 18.3 Å². The van der Waals surface area contributed by atoms with Gasteiger partial charge in [-0.05, 0) is 55.9 Å². The number of anilines is 1. The molecule has 1 fully saturated rings. The summed E-state index contributed by atoms with van der Waals surface area (Å²) < 4.78 is 27.4. The van der Waals surface area contributed by atoms with E-state index in [0.717, 1.165) is 37.9 Å². The second kappa shape index (κ2) is 6.59. The van der Waals surface area contributed by atoms with Crippen LogP contribution in [-0.4, -0.2) is 21.0 Å². The van der Waals surface area contributed by atoms with E-state index in [0.29, 0.717) is 10.8 Å². The van der Waals surface area contributed by atoms with E-state index in [2.05, 4.69) is 23.9 Å². The first kappa shape index (κ1) is 15.3. The van der Waals surface area contributed by atoms with Crippen molar-refractivity contribution in [2.45, 2.75) is 50.5 Å². The molecule has 1 aromatic carbocycles. The zero-order valence-corrected chi connectivity index (χ0v) is 13.0. The summed E-state index contributed by atoms with van der Waals surface area (Å²) in [6, 6.07) is 7.06. The number of hydrogen-bond donors (Lipinski definition) is 2. The molecule has 0 aromatic heterocycles. The molecule has 2 rings (SSSR count). The van der Waals surface area contributed by atoms with Gasteiger partial charge in [-0.2, -0.15) is 0 Å². The van der Waals surface area contributed by atoms with Crippen LogP contribution in [0.3, 0.4) is 0 Å². The van der Waals surface area contributed by atoms with Crippen molar-refractivity contribution in [3.05, 3.63) is 24.3 Å². The Balaban J connectivity index is 2.01. The number of hydrogen-bond acceptors (Lipinski definition) is 3. The molecular weight excluding hydrogens is 272 g/mol. The monoisotopic (exact) mass is 296 g/mol. The van der Waals surface area contributed by atoms with Crippen molar-refractivity contribution >= 4 is 15.7 Å². The molecular formula is C15H24N2O2S. The summed E-state index contributed by atoms with van der Waals surface area (Å²) in [7, 11) is -3.38. The smallest absolute Gasteiger partial charge is 0.240 e. The summed E-state index contributed by atoms with van der Waals surface area (Å²) in [5, 5.41) is 3.24. The Morgan fingerprint density at radius 3 is 2.45 bits per heavy atom. The minimum atomic E-state index is -3.38. The van der Waals surface area contributed by atoms with E-state index >= 15 is 0 Å². The van der Waals surface area contributed by atoms with E-state index < -0.39 is 10.0 Å². The highest BCUT2D eigenvalue weighted by Crippen LogP contribution is 2.26. The summed E-state index contributed by atoms with van der Waals surface area (Å²) in [5.74, 6) is 0.614. The molecule has 20 heavy (non-hydrogen) atoms. The standard InChI is InChI=1S/C15H24N2O2S/c1-3-10-16-13-6-8-15(9-7-13)20(18,19)17-14-5-4-12(2)11-14/h6-9,12,14,16-17H,3-5,10-11H2,1-2H3. The van der Waals surface area contributed by atoms with Crippen LogP contribution < -0.4 is 10.0 Å². The van der Waals surface area contributed by atoms with Gasteiger partial charge in [-0.1, -0.05) is 13.8 Å². The fourth-order valence-corrected chi connectivity index (χ4v) is 3.91. The van der Waals surface area contributed by atoms with Gasteiger partial charge < -0.3 is 5.32 Å². The predicted octanol–water partition coefficient (Wildman–Crippen LogP) is 2.98. The molecule has 0 heterocycles. The SMILES string of the molecule is CCCNc1ccc(S(=O)(=O)NC2CCC(C)C2)cc1. The van der Waals surface area contributed by atoms with Crippen molar-refractivity contribution in [3.63, 3.8) is 0 Å². The first-order chi connectivity index (χ1) is 9.51. The van der Waals surface area contributed by atoms with Gasteiger partial charge in [0.15, 0.2) is 0 Å². The number of sulfonamides is 1. The van der Waals surface area contributed by atoms with Crippen molar-refractivity contribution in [2.24, 2.45) is 5.92 Å². The molecule has 0 bridgehead atoms. The summed E-state index contributed by atoms with van der Waals surface area (Å²) >= 11 is 0. The lowest BCUT2D eigenvalue weighted by atomic mass is 10.1. The van der Waals surface area contributed by atoms with Gasteiger partial charge in [0.25, 0.3) is 0 Å². The van der Waals surface area contributed by atoms with Crippen molar-refractivity contribution in [3.8, 4) is 0 Å². The first-order valence-corrected chi connectivity index (χ1v) is 8.86. The van der Waals surface area contributed by atoms with Gasteiger partial charge in [-0.3, -0.25) is 0 Å². The van der Waals surface area contributed by atoms with Crippen LogP contribution in [0, 0.1) is 5.92 Å². The van der Waals surface area contributed by atoms with E-state index in [1.807, 2.05) is 12.1 Å². The zero-order valence-electron chi connectivity index (χ0n) is 12.2. The third-order valence-corrected chi connectivity index (χ3v) is 5.30. The molecule has 1 aliphatic carbocycles. The molecule has 2 atom stereocenters. The fourth-order valence-electron chi connectivity index (χ4n) is 2.62. The lowest BCUT2D eigenvalue weighted by Gasteiger charge is -2.13. The van der Waals surface area contributed by atoms with Crippen molar-refractivity contribution in [1.82, 2.24) is 4.72 Å². The molecule has 4 nitrogen and oxygen atoms in total. The quantitative estimate of drug-likeness (QED) is 0.848. The Hall–Kier alpha value is -1.07. The highest BCUT2D eigenvalue weighted by atomic mass is 32.2. The van der Waals surface area contributed by atoms with Crippen LogP contribution >= 0.6 is 0 Å². The fraction of sp³-hybridized carbons (Fsp3) is 0.600. The Morgan fingerprint density at radius 1 is 1.20 bits per heavy atom. The zero-order chi connectivity index (χ0) is 14.6. The molecule has 2 N–H and O–H groups in total. The number of nitrogens with one attached hydrogen (secondary N) is 2. The maximum Gasteiger partial charge on any atom is 0.240 e. The van der Waals surface area contributed by atoms with Crippen molar-refractivity contribution < 1.29 is 8.42 Å². The third kappa shape index (κ3) is 3.96. The maximum absolute atomic E-state index is 12.3. The Kier molecular flexibility index (Phi) is 5.05. The van der Waals surface area contributed by atoms with Crippen LogP contribution in [-0.2, 0) is 10.0 Å². The summed E-state index contributed by atoms with van der Waals surface area (Å²) in [5.41, 5.74) is 0.959. The van der Waals surface area contributed by atoms with Gasteiger partial charge in [-0.15, -0.1) is 0 Å². The second-order valence-corrected chi connectivity index (χ2v) is 7.40. The van der Waals surface area contributed by atoms with Gasteiger partial charge in [-0.25, -0.2) is 13.1 Å². The van der Waals surface area contributed by atoms with E-state index in [1.54, 1.807) is 12.1 Å². The second-order valence-electron chi connectivity index (χ2n) is 5.69. The van der Waals surface area contributed by atoms with Gasteiger partial charge in [0.1, 0.15) is 0 Å². The van der Waals surface area contributed by atoms with Gasteiger partial charge in [0.05, 0.1) is 4.90 Å². The molecule has 5 heteroatoms. The molecule has 0 aliphatic heterocycles. The van der Waals surface area contributed by atoms with Crippen molar-refractivity contribution in [2.75, 3.05) is 11.9 Å². The normalized spacial score (nSPS) is 22.9.